The molecule has 2 aromatic rings. The molecule has 0 saturated carbocycles. The number of benzene rings is 1. The molecule has 0 saturated heterocycles. The average Bonchev–Trinajstić information content (AvgIpc) is 3.26. The molecule has 0 amide bonds. The number of hydrogen-bond acceptors (Lipinski definition) is 4. The fourth-order valence-electron chi connectivity index (χ4n) is 4.50. The van der Waals surface area contributed by atoms with Crippen LogP contribution < -0.4 is 0 Å². The van der Waals surface area contributed by atoms with Gasteiger partial charge in [0, 0.05) is 27.8 Å². The van der Waals surface area contributed by atoms with E-state index in [-0.39, 0.29) is 17.8 Å². The minimum Gasteiger partial charge on any atom is -0.462 e. The monoisotopic (exact) mass is 502 g/mol. The summed E-state index contributed by atoms with van der Waals surface area (Å²) in [5.74, 6) is 1.04. The zero-order valence-corrected chi connectivity index (χ0v) is 23.1. The van der Waals surface area contributed by atoms with Crippen molar-refractivity contribution in [3.63, 3.8) is 0 Å². The van der Waals surface area contributed by atoms with Crippen molar-refractivity contribution in [2.45, 2.75) is 84.0 Å². The molecule has 34 heavy (non-hydrogen) atoms. The Labute approximate surface area is 212 Å². The summed E-state index contributed by atoms with van der Waals surface area (Å²) in [6, 6.07) is 7.85. The molecule has 0 bridgehead atoms. The maximum atomic E-state index is 13.5. The summed E-state index contributed by atoms with van der Waals surface area (Å²) in [6.07, 6.45) is 4.58. The van der Waals surface area contributed by atoms with Gasteiger partial charge in [0.2, 0.25) is 0 Å². The number of carbonyl (C=O) groups excluding carboxylic acids is 1. The summed E-state index contributed by atoms with van der Waals surface area (Å²) in [7, 11) is -0.661. The molecule has 0 N–H and O–H groups in total. The zero-order chi connectivity index (χ0) is 24.8. The zero-order valence-electron chi connectivity index (χ0n) is 21.4. The van der Waals surface area contributed by atoms with Crippen LogP contribution in [0.3, 0.4) is 0 Å². The first-order valence-electron chi connectivity index (χ1n) is 12.6. The molecule has 0 fully saturated rings. The van der Waals surface area contributed by atoms with Gasteiger partial charge in [0.15, 0.2) is 0 Å². The van der Waals surface area contributed by atoms with E-state index >= 15 is 0 Å². The highest BCUT2D eigenvalue weighted by molar-refractivity contribution is 8.30. The molecule has 1 aromatic carbocycles. The second-order valence-electron chi connectivity index (χ2n) is 9.42. The lowest BCUT2D eigenvalue weighted by molar-refractivity contribution is 0.0524. The number of rotatable bonds is 10. The lowest BCUT2D eigenvalue weighted by Gasteiger charge is -2.29. The van der Waals surface area contributed by atoms with E-state index in [1.54, 1.807) is 0 Å². The molecule has 6 heteroatoms. The van der Waals surface area contributed by atoms with Crippen molar-refractivity contribution >= 4 is 33.5 Å². The number of esters is 1. The Bertz CT molecular complexity index is 1030. The van der Waals surface area contributed by atoms with Crippen LogP contribution in [0.4, 0.5) is 0 Å². The smallest absolute Gasteiger partial charge is 0.340 e. The summed E-state index contributed by atoms with van der Waals surface area (Å²) < 4.78 is 5.60. The lowest BCUT2D eigenvalue weighted by Crippen LogP contribution is -2.18. The Hall–Kier alpha value is -1.85. The summed E-state index contributed by atoms with van der Waals surface area (Å²) in [6.45, 7) is 13.9. The van der Waals surface area contributed by atoms with Crippen LogP contribution in [0.25, 0.3) is 11.1 Å². The molecule has 4 nitrogen and oxygen atoms in total. The number of pyridine rings is 1. The van der Waals surface area contributed by atoms with Gasteiger partial charge in [-0.25, -0.2) is 4.79 Å². The second kappa shape index (κ2) is 12.2. The van der Waals surface area contributed by atoms with Gasteiger partial charge in [-0.3, -0.25) is 9.98 Å². The molecule has 3 rings (SSSR count). The van der Waals surface area contributed by atoms with Crippen molar-refractivity contribution in [2.24, 2.45) is 4.99 Å². The number of hydrogen-bond donors (Lipinski definition) is 1. The van der Waals surface area contributed by atoms with Crippen molar-refractivity contribution < 1.29 is 9.53 Å². The summed E-state index contributed by atoms with van der Waals surface area (Å²) >= 11 is 6.26. The van der Waals surface area contributed by atoms with Gasteiger partial charge in [-0.05, 0) is 49.3 Å². The van der Waals surface area contributed by atoms with E-state index in [1.807, 2.05) is 31.2 Å². The molecular weight excluding hydrogens is 464 g/mol. The van der Waals surface area contributed by atoms with E-state index in [4.69, 9.17) is 26.3 Å². The van der Waals surface area contributed by atoms with E-state index < -0.39 is 10.9 Å². The number of nitrogens with zero attached hydrogens (tertiary/aromatic N) is 2. The van der Waals surface area contributed by atoms with Crippen LogP contribution in [0.1, 0.15) is 101 Å². The third-order valence-corrected chi connectivity index (χ3v) is 9.02. The molecule has 1 aromatic heterocycles. The van der Waals surface area contributed by atoms with Gasteiger partial charge < -0.3 is 4.74 Å². The quantitative estimate of drug-likeness (QED) is 0.202. The van der Waals surface area contributed by atoms with E-state index in [0.29, 0.717) is 17.2 Å². The Morgan fingerprint density at radius 1 is 1.06 bits per heavy atom. The Balaban J connectivity index is 2.35. The SMILES string of the molecule is CCCCCC1=NCC[SH]1c1c(C(C)C)nc(C(C)C)c(C(=O)OCC)c1-c1ccc(Cl)cc1. The highest BCUT2D eigenvalue weighted by Gasteiger charge is 2.33. The van der Waals surface area contributed by atoms with Crippen LogP contribution in [0.5, 0.6) is 0 Å². The van der Waals surface area contributed by atoms with E-state index in [9.17, 15) is 4.79 Å². The molecule has 1 unspecified atom stereocenters. The number of aromatic nitrogens is 1. The predicted octanol–water partition coefficient (Wildman–Crippen LogP) is 8.18. The normalized spacial score (nSPS) is 16.9. The first-order valence-corrected chi connectivity index (χ1v) is 14.5. The molecule has 0 spiro atoms. The third-order valence-electron chi connectivity index (χ3n) is 6.14. The van der Waals surface area contributed by atoms with Crippen LogP contribution in [0.15, 0.2) is 34.2 Å². The van der Waals surface area contributed by atoms with Crippen LogP contribution in [0.2, 0.25) is 5.02 Å². The van der Waals surface area contributed by atoms with Crippen LogP contribution in [-0.4, -0.2) is 34.9 Å². The van der Waals surface area contributed by atoms with Crippen LogP contribution >= 0.6 is 22.5 Å². The Morgan fingerprint density at radius 3 is 2.32 bits per heavy atom. The van der Waals surface area contributed by atoms with Gasteiger partial charge in [0.05, 0.1) is 28.6 Å². The molecule has 0 aliphatic carbocycles. The van der Waals surface area contributed by atoms with Gasteiger partial charge in [0.25, 0.3) is 0 Å². The number of ether oxygens (including phenoxy) is 1. The summed E-state index contributed by atoms with van der Waals surface area (Å²) in [5, 5.41) is 1.99. The molecular formula is C28H39ClN2O2S. The van der Waals surface area contributed by atoms with E-state index in [0.717, 1.165) is 47.7 Å². The Morgan fingerprint density at radius 2 is 1.74 bits per heavy atom. The maximum Gasteiger partial charge on any atom is 0.340 e. The molecule has 1 aliphatic heterocycles. The molecule has 1 atom stereocenters. The summed E-state index contributed by atoms with van der Waals surface area (Å²) in [5.41, 5.74) is 4.50. The fourth-order valence-corrected chi connectivity index (χ4v) is 7.46. The van der Waals surface area contributed by atoms with Crippen molar-refractivity contribution in [3.8, 4) is 11.1 Å². The second-order valence-corrected chi connectivity index (χ2v) is 12.1. The van der Waals surface area contributed by atoms with Crippen molar-refractivity contribution in [1.29, 1.82) is 0 Å². The maximum absolute atomic E-state index is 13.5. The van der Waals surface area contributed by atoms with Crippen LogP contribution in [0, 0.1) is 0 Å². The molecule has 2 heterocycles. The van der Waals surface area contributed by atoms with Gasteiger partial charge in [-0.2, -0.15) is 10.9 Å². The molecule has 1 aliphatic rings. The minimum atomic E-state index is -0.661. The molecule has 0 radical (unpaired) electrons. The number of thiol groups is 1. The first kappa shape index (κ1) is 26.7. The standard InChI is InChI=1S/C28H39ClN2O2S/c1-7-9-10-11-22-30-16-17-34(22)27-23(20-12-14-21(29)15-13-20)24(28(32)33-8-2)25(18(3)4)31-26(27)19(5)6/h12-15,18-19,34H,7-11,16-17H2,1-6H3. The summed E-state index contributed by atoms with van der Waals surface area (Å²) in [4.78, 5) is 24.8. The van der Waals surface area contributed by atoms with E-state index in [2.05, 4.69) is 34.6 Å². The number of aliphatic imine (C=N–C) groups is 1. The average molecular weight is 503 g/mol. The predicted molar refractivity (Wildman–Crippen MR) is 147 cm³/mol. The van der Waals surface area contributed by atoms with Crippen molar-refractivity contribution in [1.82, 2.24) is 4.98 Å². The minimum absolute atomic E-state index is 0.0889. The number of unbranched alkanes of at least 4 members (excludes halogenated alkanes) is 2. The van der Waals surface area contributed by atoms with Gasteiger partial charge in [-0.15, -0.1) is 0 Å². The topological polar surface area (TPSA) is 51.5 Å². The Kier molecular flexibility index (Phi) is 9.61. The number of carbonyl (C=O) groups is 1. The van der Waals surface area contributed by atoms with Gasteiger partial charge >= 0.3 is 5.97 Å². The molecule has 186 valence electrons. The largest absolute Gasteiger partial charge is 0.462 e. The third kappa shape index (κ3) is 5.85. The highest BCUT2D eigenvalue weighted by atomic mass is 35.5. The number of halogens is 1. The van der Waals surface area contributed by atoms with Gasteiger partial charge in [0.1, 0.15) is 0 Å². The first-order chi connectivity index (χ1) is 16.3. The fraction of sp³-hybridized carbons (Fsp3) is 0.536. The lowest BCUT2D eigenvalue weighted by atomic mass is 9.91. The highest BCUT2D eigenvalue weighted by Crippen LogP contribution is 2.52. The van der Waals surface area contributed by atoms with E-state index in [1.165, 1.54) is 22.8 Å². The van der Waals surface area contributed by atoms with Crippen LogP contribution in [-0.2, 0) is 4.74 Å². The van der Waals surface area contributed by atoms with Crippen molar-refractivity contribution in [2.75, 3.05) is 18.9 Å². The van der Waals surface area contributed by atoms with Gasteiger partial charge in [-0.1, -0.05) is 71.2 Å². The van der Waals surface area contributed by atoms with Crippen molar-refractivity contribution in [3.05, 3.63) is 46.2 Å².